The highest BCUT2D eigenvalue weighted by Gasteiger charge is 2.47. The molecule has 0 aromatic carbocycles. The van der Waals surface area contributed by atoms with E-state index >= 15 is 0 Å². The fraction of sp³-hybridized carbons (Fsp3) is 0.857. The van der Waals surface area contributed by atoms with Gasteiger partial charge in [0.2, 0.25) is 17.7 Å². The van der Waals surface area contributed by atoms with E-state index in [4.69, 9.17) is 4.42 Å². The average Bonchev–Trinajstić information content (AvgIpc) is 2.76. The zero-order chi connectivity index (χ0) is 14.4. The highest BCUT2D eigenvalue weighted by atomic mass is 19.3. The minimum absolute atomic E-state index is 0.00637. The Kier molecular flexibility index (Phi) is 3.31. The maximum absolute atomic E-state index is 13.2. The van der Waals surface area contributed by atoms with Gasteiger partial charge in [-0.2, -0.15) is 0 Å². The largest absolute Gasteiger partial charge is 0.424 e. The minimum Gasteiger partial charge on any atom is -0.424 e. The van der Waals surface area contributed by atoms with Crippen LogP contribution in [-0.4, -0.2) is 29.2 Å². The van der Waals surface area contributed by atoms with E-state index in [9.17, 15) is 8.78 Å². The summed E-state index contributed by atoms with van der Waals surface area (Å²) in [6.07, 6.45) is 0.710. The number of alkyl halides is 2. The van der Waals surface area contributed by atoms with Crippen molar-refractivity contribution in [3.8, 4) is 0 Å². The number of aromatic nitrogens is 2. The van der Waals surface area contributed by atoms with Crippen LogP contribution in [0.3, 0.4) is 0 Å². The zero-order valence-corrected chi connectivity index (χ0v) is 12.0. The molecular formula is C14H21F2N3O. The monoisotopic (exact) mass is 285 g/mol. The lowest BCUT2D eigenvalue weighted by Gasteiger charge is -2.42. The second-order valence-electron chi connectivity index (χ2n) is 6.49. The summed E-state index contributed by atoms with van der Waals surface area (Å²) >= 11 is 0. The first-order valence-electron chi connectivity index (χ1n) is 7.35. The standard InChI is InChI=1S/C14H21F2N3O/c1-9(2)13(7-17-8-13)12-19-18-11(20-12)10-3-5-14(15,16)6-4-10/h9-10,17H,3-8H2,1-2H3. The van der Waals surface area contributed by atoms with Gasteiger partial charge in [0, 0.05) is 31.8 Å². The molecule has 1 saturated heterocycles. The van der Waals surface area contributed by atoms with Gasteiger partial charge in [-0.1, -0.05) is 13.8 Å². The van der Waals surface area contributed by atoms with Crippen LogP contribution in [0.5, 0.6) is 0 Å². The van der Waals surface area contributed by atoms with Crippen molar-refractivity contribution in [2.24, 2.45) is 5.92 Å². The van der Waals surface area contributed by atoms with Crippen LogP contribution in [0.15, 0.2) is 4.42 Å². The molecule has 0 amide bonds. The molecule has 4 nitrogen and oxygen atoms in total. The van der Waals surface area contributed by atoms with E-state index < -0.39 is 5.92 Å². The number of hydrogen-bond donors (Lipinski definition) is 1. The highest BCUT2D eigenvalue weighted by molar-refractivity contribution is 5.15. The predicted molar refractivity (Wildman–Crippen MR) is 69.8 cm³/mol. The maximum atomic E-state index is 13.2. The van der Waals surface area contributed by atoms with Crippen LogP contribution in [0.1, 0.15) is 57.2 Å². The molecule has 2 fully saturated rings. The Morgan fingerprint density at radius 1 is 1.20 bits per heavy atom. The van der Waals surface area contributed by atoms with Gasteiger partial charge in [0.25, 0.3) is 0 Å². The first-order chi connectivity index (χ1) is 9.43. The third kappa shape index (κ3) is 2.24. The summed E-state index contributed by atoms with van der Waals surface area (Å²) in [5, 5.41) is 11.6. The highest BCUT2D eigenvalue weighted by Crippen LogP contribution is 2.42. The molecule has 20 heavy (non-hydrogen) atoms. The molecule has 1 aromatic rings. The van der Waals surface area contributed by atoms with Crippen molar-refractivity contribution >= 4 is 0 Å². The van der Waals surface area contributed by atoms with Crippen molar-refractivity contribution in [3.05, 3.63) is 11.8 Å². The summed E-state index contributed by atoms with van der Waals surface area (Å²) in [7, 11) is 0. The van der Waals surface area contributed by atoms with E-state index in [-0.39, 0.29) is 24.2 Å². The van der Waals surface area contributed by atoms with Crippen LogP contribution < -0.4 is 5.32 Å². The molecule has 1 aliphatic carbocycles. The Bertz CT molecular complexity index is 473. The SMILES string of the molecule is CC(C)C1(c2nnc(C3CCC(F)(F)CC3)o2)CNC1. The van der Waals surface area contributed by atoms with Gasteiger partial charge < -0.3 is 9.73 Å². The number of nitrogens with one attached hydrogen (secondary N) is 1. The summed E-state index contributed by atoms with van der Waals surface area (Å²) in [5.74, 6) is -0.905. The molecule has 0 spiro atoms. The van der Waals surface area contributed by atoms with E-state index in [0.717, 1.165) is 13.1 Å². The molecule has 6 heteroatoms. The van der Waals surface area contributed by atoms with Crippen molar-refractivity contribution in [1.29, 1.82) is 0 Å². The molecule has 112 valence electrons. The van der Waals surface area contributed by atoms with Crippen LogP contribution in [0, 0.1) is 5.92 Å². The summed E-state index contributed by atoms with van der Waals surface area (Å²) in [6, 6.07) is 0. The molecule has 2 heterocycles. The number of halogens is 2. The fourth-order valence-corrected chi connectivity index (χ4v) is 3.09. The van der Waals surface area contributed by atoms with Gasteiger partial charge in [-0.15, -0.1) is 10.2 Å². The van der Waals surface area contributed by atoms with E-state index in [2.05, 4.69) is 29.4 Å². The Hall–Kier alpha value is -1.04. The molecular weight excluding hydrogens is 264 g/mol. The lowest BCUT2D eigenvalue weighted by molar-refractivity contribution is -0.0400. The Morgan fingerprint density at radius 3 is 2.35 bits per heavy atom. The second-order valence-corrected chi connectivity index (χ2v) is 6.49. The van der Waals surface area contributed by atoms with Crippen molar-refractivity contribution in [2.45, 2.75) is 56.8 Å². The number of nitrogens with zero attached hydrogens (tertiary/aromatic N) is 2. The third-order valence-corrected chi connectivity index (χ3v) is 4.92. The quantitative estimate of drug-likeness (QED) is 0.927. The number of rotatable bonds is 3. The maximum Gasteiger partial charge on any atom is 0.248 e. The Balaban J connectivity index is 1.74. The number of hydrogen-bond acceptors (Lipinski definition) is 4. The lowest BCUT2D eigenvalue weighted by atomic mass is 9.72. The molecule has 1 aliphatic heterocycles. The molecule has 3 rings (SSSR count). The van der Waals surface area contributed by atoms with Gasteiger partial charge in [0.1, 0.15) is 0 Å². The molecule has 0 atom stereocenters. The van der Waals surface area contributed by atoms with Crippen molar-refractivity contribution < 1.29 is 13.2 Å². The van der Waals surface area contributed by atoms with Gasteiger partial charge in [-0.05, 0) is 18.8 Å². The summed E-state index contributed by atoms with van der Waals surface area (Å²) in [5.41, 5.74) is -0.0795. The lowest BCUT2D eigenvalue weighted by Crippen LogP contribution is -2.60. The van der Waals surface area contributed by atoms with Crippen LogP contribution in [0.25, 0.3) is 0 Å². The Labute approximate surface area is 117 Å². The Morgan fingerprint density at radius 2 is 1.85 bits per heavy atom. The molecule has 1 aromatic heterocycles. The van der Waals surface area contributed by atoms with Crippen molar-refractivity contribution in [1.82, 2.24) is 15.5 Å². The molecule has 1 saturated carbocycles. The van der Waals surface area contributed by atoms with E-state index in [1.165, 1.54) is 0 Å². The van der Waals surface area contributed by atoms with Crippen LogP contribution in [0.2, 0.25) is 0 Å². The summed E-state index contributed by atoms with van der Waals surface area (Å²) in [4.78, 5) is 0. The van der Waals surface area contributed by atoms with Crippen LogP contribution >= 0.6 is 0 Å². The fourth-order valence-electron chi connectivity index (χ4n) is 3.09. The van der Waals surface area contributed by atoms with Gasteiger partial charge >= 0.3 is 0 Å². The zero-order valence-electron chi connectivity index (χ0n) is 12.0. The first kappa shape index (κ1) is 13.9. The molecule has 0 radical (unpaired) electrons. The second kappa shape index (κ2) is 4.76. The third-order valence-electron chi connectivity index (χ3n) is 4.92. The van der Waals surface area contributed by atoms with Gasteiger partial charge in [0.15, 0.2) is 0 Å². The smallest absolute Gasteiger partial charge is 0.248 e. The predicted octanol–water partition coefficient (Wildman–Crippen LogP) is 2.86. The topological polar surface area (TPSA) is 51.0 Å². The minimum atomic E-state index is -2.52. The normalized spacial score (nSPS) is 25.6. The van der Waals surface area contributed by atoms with E-state index in [1.54, 1.807) is 0 Å². The molecule has 2 aliphatic rings. The first-order valence-corrected chi connectivity index (χ1v) is 7.35. The van der Waals surface area contributed by atoms with Gasteiger partial charge in [-0.3, -0.25) is 0 Å². The van der Waals surface area contributed by atoms with Crippen molar-refractivity contribution in [3.63, 3.8) is 0 Å². The summed E-state index contributed by atoms with van der Waals surface area (Å²) in [6.45, 7) is 5.97. The van der Waals surface area contributed by atoms with Crippen LogP contribution in [-0.2, 0) is 5.41 Å². The molecule has 1 N–H and O–H groups in total. The molecule has 0 unspecified atom stereocenters. The molecule has 0 bridgehead atoms. The average molecular weight is 285 g/mol. The van der Waals surface area contributed by atoms with Crippen molar-refractivity contribution in [2.75, 3.05) is 13.1 Å². The van der Waals surface area contributed by atoms with Crippen LogP contribution in [0.4, 0.5) is 8.78 Å². The van der Waals surface area contributed by atoms with Gasteiger partial charge in [0.05, 0.1) is 5.41 Å². The van der Waals surface area contributed by atoms with E-state index in [0.29, 0.717) is 30.5 Å². The van der Waals surface area contributed by atoms with Gasteiger partial charge in [-0.25, -0.2) is 8.78 Å². The van der Waals surface area contributed by atoms with E-state index in [1.807, 2.05) is 0 Å². The summed E-state index contributed by atoms with van der Waals surface area (Å²) < 4.78 is 32.2.